The lowest BCUT2D eigenvalue weighted by atomic mass is 9.91. The lowest BCUT2D eigenvalue weighted by Gasteiger charge is -2.16. The number of amides is 1. The molecule has 0 radical (unpaired) electrons. The summed E-state index contributed by atoms with van der Waals surface area (Å²) >= 11 is 1.11. The van der Waals surface area contributed by atoms with E-state index in [0.29, 0.717) is 5.76 Å². The van der Waals surface area contributed by atoms with Crippen LogP contribution in [0.1, 0.15) is 42.5 Å². The molecule has 0 unspecified atom stereocenters. The Morgan fingerprint density at radius 1 is 1.31 bits per heavy atom. The van der Waals surface area contributed by atoms with Crippen LogP contribution in [0.15, 0.2) is 27.5 Å². The van der Waals surface area contributed by atoms with Crippen LogP contribution in [0.2, 0.25) is 0 Å². The minimum Gasteiger partial charge on any atom is -0.375 e. The maximum Gasteiger partial charge on any atom is 0.297 e. The normalized spacial score (nSPS) is 12.1. The number of thioether (sulfide) groups is 1. The lowest BCUT2D eigenvalue weighted by Crippen LogP contribution is -2.22. The molecule has 13 heteroatoms. The summed E-state index contributed by atoms with van der Waals surface area (Å²) in [6, 6.07) is 3.74. The van der Waals surface area contributed by atoms with Crippen LogP contribution in [0.4, 0.5) is 5.69 Å². The number of aromatic nitrogens is 1. The van der Waals surface area contributed by atoms with Crippen LogP contribution in [-0.2, 0) is 21.3 Å². The van der Waals surface area contributed by atoms with Crippen molar-refractivity contribution < 1.29 is 27.2 Å². The predicted molar refractivity (Wildman–Crippen MR) is 120 cm³/mol. The maximum atomic E-state index is 13.1. The van der Waals surface area contributed by atoms with Crippen molar-refractivity contribution in [3.8, 4) is 5.69 Å². The third kappa shape index (κ3) is 5.99. The molecule has 2 aromatic rings. The fraction of sp³-hybridized carbons (Fsp3) is 0.474. The standard InChI is InChI=1S/C19H25N3O8S2/c1-19(2,3)16-13(11-31-8-9-32(27,28)29)18(24)21(30-16)14-7-6-12(17(23)20(4)5)10-15(14)22(25)26/h6-7,10H,8-9,11H2,1-5H3,(H,27,28,29). The van der Waals surface area contributed by atoms with Crippen molar-refractivity contribution in [2.24, 2.45) is 0 Å². The van der Waals surface area contributed by atoms with Crippen molar-refractivity contribution >= 4 is 33.5 Å². The first-order valence-corrected chi connectivity index (χ1v) is 12.2. The Balaban J connectivity index is 2.56. The van der Waals surface area contributed by atoms with E-state index in [1.165, 1.54) is 31.1 Å². The number of hydrogen-bond acceptors (Lipinski definition) is 8. The number of hydrogen-bond donors (Lipinski definition) is 1. The van der Waals surface area contributed by atoms with Crippen molar-refractivity contribution in [2.75, 3.05) is 25.6 Å². The van der Waals surface area contributed by atoms with E-state index >= 15 is 0 Å². The minimum atomic E-state index is -4.13. The van der Waals surface area contributed by atoms with E-state index in [1.54, 1.807) is 20.8 Å². The quantitative estimate of drug-likeness (QED) is 0.256. The second kappa shape index (κ2) is 9.46. The monoisotopic (exact) mass is 487 g/mol. The third-order valence-corrected chi connectivity index (χ3v) is 6.32. The number of nitro groups is 1. The molecule has 0 saturated carbocycles. The zero-order chi connectivity index (χ0) is 24.4. The van der Waals surface area contributed by atoms with Crippen LogP contribution in [0.25, 0.3) is 5.69 Å². The van der Waals surface area contributed by atoms with Crippen molar-refractivity contribution in [1.29, 1.82) is 0 Å². The van der Waals surface area contributed by atoms with Gasteiger partial charge in [-0.05, 0) is 12.1 Å². The minimum absolute atomic E-state index is 0.0501. The van der Waals surface area contributed by atoms with Gasteiger partial charge in [0.2, 0.25) is 0 Å². The molecule has 11 nitrogen and oxygen atoms in total. The summed E-state index contributed by atoms with van der Waals surface area (Å²) in [4.78, 5) is 37.6. The van der Waals surface area contributed by atoms with E-state index in [2.05, 4.69) is 0 Å². The SMILES string of the molecule is CN(C)C(=O)c1ccc(-n2oc(C(C)(C)C)c(CSCCS(=O)(=O)O)c2=O)c([N+](=O)[O-])c1. The van der Waals surface area contributed by atoms with Crippen LogP contribution in [0.5, 0.6) is 0 Å². The summed E-state index contributed by atoms with van der Waals surface area (Å²) in [7, 11) is -1.10. The Bertz CT molecular complexity index is 1190. The molecule has 0 aliphatic heterocycles. The van der Waals surface area contributed by atoms with Crippen LogP contribution < -0.4 is 5.56 Å². The van der Waals surface area contributed by atoms with Gasteiger partial charge in [-0.3, -0.25) is 24.3 Å². The Labute approximate surface area is 189 Å². The Morgan fingerprint density at radius 2 is 1.94 bits per heavy atom. The highest BCUT2D eigenvalue weighted by molar-refractivity contribution is 7.99. The average molecular weight is 488 g/mol. The predicted octanol–water partition coefficient (Wildman–Crippen LogP) is 2.46. The van der Waals surface area contributed by atoms with Gasteiger partial charge in [0, 0.05) is 42.6 Å². The average Bonchev–Trinajstić information content (AvgIpc) is 3.00. The highest BCUT2D eigenvalue weighted by atomic mass is 32.2. The molecular weight excluding hydrogens is 462 g/mol. The number of benzene rings is 1. The second-order valence-electron chi connectivity index (χ2n) is 8.25. The summed E-state index contributed by atoms with van der Waals surface area (Å²) < 4.78 is 37.3. The zero-order valence-corrected chi connectivity index (χ0v) is 19.9. The molecule has 1 aromatic heterocycles. The summed E-state index contributed by atoms with van der Waals surface area (Å²) in [6.07, 6.45) is 0. The molecular formula is C19H25N3O8S2. The molecule has 1 heterocycles. The summed E-state index contributed by atoms with van der Waals surface area (Å²) in [5, 5.41) is 11.7. The topological polar surface area (TPSA) is 153 Å². The van der Waals surface area contributed by atoms with E-state index < -0.39 is 43.4 Å². The molecule has 0 aliphatic carbocycles. The number of carbonyl (C=O) groups is 1. The van der Waals surface area contributed by atoms with Gasteiger partial charge in [-0.2, -0.15) is 20.2 Å². The van der Waals surface area contributed by atoms with Gasteiger partial charge in [-0.25, -0.2) is 0 Å². The third-order valence-electron chi connectivity index (χ3n) is 4.36. The molecule has 0 aliphatic rings. The van der Waals surface area contributed by atoms with Crippen molar-refractivity contribution in [3.05, 3.63) is 55.6 Å². The lowest BCUT2D eigenvalue weighted by molar-refractivity contribution is -0.384. The molecule has 176 valence electrons. The second-order valence-corrected chi connectivity index (χ2v) is 10.9. The summed E-state index contributed by atoms with van der Waals surface area (Å²) in [5.74, 6) is -0.472. The largest absolute Gasteiger partial charge is 0.375 e. The van der Waals surface area contributed by atoms with E-state index in [9.17, 15) is 28.1 Å². The first-order chi connectivity index (χ1) is 14.6. The first kappa shape index (κ1) is 25.6. The van der Waals surface area contributed by atoms with Crippen LogP contribution >= 0.6 is 11.8 Å². The molecule has 1 amide bonds. The number of carbonyl (C=O) groups excluding carboxylic acids is 1. The van der Waals surface area contributed by atoms with E-state index in [4.69, 9.17) is 9.08 Å². The Kier molecular flexibility index (Phi) is 7.58. The molecule has 1 N–H and O–H groups in total. The Hall–Kier alpha value is -2.64. The van der Waals surface area contributed by atoms with Gasteiger partial charge in [-0.1, -0.05) is 20.8 Å². The van der Waals surface area contributed by atoms with Gasteiger partial charge >= 0.3 is 0 Å². The number of nitrogens with zero attached hydrogens (tertiary/aromatic N) is 3. The van der Waals surface area contributed by atoms with Crippen molar-refractivity contribution in [2.45, 2.75) is 31.9 Å². The molecule has 1 aromatic carbocycles. The van der Waals surface area contributed by atoms with E-state index in [0.717, 1.165) is 22.6 Å². The number of nitro benzene ring substituents is 1. The van der Waals surface area contributed by atoms with Gasteiger partial charge < -0.3 is 9.42 Å². The van der Waals surface area contributed by atoms with Gasteiger partial charge in [0.1, 0.15) is 5.76 Å². The van der Waals surface area contributed by atoms with Crippen molar-refractivity contribution in [1.82, 2.24) is 9.64 Å². The molecule has 0 fully saturated rings. The molecule has 0 spiro atoms. The van der Waals surface area contributed by atoms with Crippen LogP contribution in [-0.4, -0.2) is 59.0 Å². The van der Waals surface area contributed by atoms with Gasteiger partial charge in [-0.15, -0.1) is 4.74 Å². The van der Waals surface area contributed by atoms with Gasteiger partial charge in [0.25, 0.3) is 27.3 Å². The van der Waals surface area contributed by atoms with E-state index in [1.807, 2.05) is 0 Å². The summed E-state index contributed by atoms with van der Waals surface area (Å²) in [5.41, 5.74) is -1.53. The van der Waals surface area contributed by atoms with Crippen LogP contribution in [0.3, 0.4) is 0 Å². The fourth-order valence-corrected chi connectivity index (χ4v) is 4.77. The summed E-state index contributed by atoms with van der Waals surface area (Å²) in [6.45, 7) is 5.40. The van der Waals surface area contributed by atoms with E-state index in [-0.39, 0.29) is 28.3 Å². The highest BCUT2D eigenvalue weighted by Crippen LogP contribution is 2.31. The molecule has 2 rings (SSSR count). The molecule has 32 heavy (non-hydrogen) atoms. The fourth-order valence-electron chi connectivity index (χ4n) is 2.85. The molecule has 0 atom stereocenters. The van der Waals surface area contributed by atoms with Crippen LogP contribution in [0, 0.1) is 10.1 Å². The first-order valence-electron chi connectivity index (χ1n) is 9.42. The smallest absolute Gasteiger partial charge is 0.297 e. The number of rotatable bonds is 8. The Morgan fingerprint density at radius 3 is 2.44 bits per heavy atom. The molecule has 0 saturated heterocycles. The molecule has 0 bridgehead atoms. The maximum absolute atomic E-state index is 13.1. The zero-order valence-electron chi connectivity index (χ0n) is 18.3. The van der Waals surface area contributed by atoms with Crippen molar-refractivity contribution in [3.63, 3.8) is 0 Å². The highest BCUT2D eigenvalue weighted by Gasteiger charge is 2.30. The van der Waals surface area contributed by atoms with Gasteiger partial charge in [0.05, 0.1) is 16.2 Å². The van der Waals surface area contributed by atoms with Gasteiger partial charge in [0.15, 0.2) is 5.69 Å².